The van der Waals surface area contributed by atoms with E-state index in [0.29, 0.717) is 23.4 Å². The Hall–Kier alpha value is -2.89. The molecule has 0 aliphatic heterocycles. The van der Waals surface area contributed by atoms with Crippen molar-refractivity contribution in [3.63, 3.8) is 0 Å². The molecule has 126 valence electrons. The van der Waals surface area contributed by atoms with Crippen molar-refractivity contribution in [1.29, 1.82) is 0 Å². The van der Waals surface area contributed by atoms with Gasteiger partial charge in [-0.3, -0.25) is 4.79 Å². The highest BCUT2D eigenvalue weighted by molar-refractivity contribution is 5.99. The van der Waals surface area contributed by atoms with E-state index in [4.69, 9.17) is 4.74 Å². The third-order valence-corrected chi connectivity index (χ3v) is 3.44. The van der Waals surface area contributed by atoms with Gasteiger partial charge in [0.1, 0.15) is 5.82 Å². The van der Waals surface area contributed by atoms with Crippen LogP contribution in [0.25, 0.3) is 0 Å². The molecule has 2 N–H and O–H groups in total. The van der Waals surface area contributed by atoms with E-state index in [1.54, 1.807) is 38.2 Å². The molecule has 1 amide bonds. The van der Waals surface area contributed by atoms with Gasteiger partial charge in [0.25, 0.3) is 5.91 Å². The smallest absolute Gasteiger partial charge is 0.341 e. The first kappa shape index (κ1) is 17.5. The number of para-hydroxylation sites is 1. The highest BCUT2D eigenvalue weighted by atomic mass is 19.1. The monoisotopic (exact) mass is 330 g/mol. The molecule has 0 saturated carbocycles. The Morgan fingerprint density at radius 3 is 2.42 bits per heavy atom. The molecule has 5 nitrogen and oxygen atoms in total. The lowest BCUT2D eigenvalue weighted by Crippen LogP contribution is -2.32. The number of anilines is 2. The van der Waals surface area contributed by atoms with Crippen LogP contribution < -0.4 is 10.6 Å². The molecule has 1 unspecified atom stereocenters. The second kappa shape index (κ2) is 8.10. The molecule has 0 heterocycles. The molecule has 2 aromatic carbocycles. The lowest BCUT2D eigenvalue weighted by Gasteiger charge is -2.17. The van der Waals surface area contributed by atoms with E-state index in [2.05, 4.69) is 10.6 Å². The molecule has 0 fully saturated rings. The van der Waals surface area contributed by atoms with E-state index < -0.39 is 23.8 Å². The van der Waals surface area contributed by atoms with E-state index in [9.17, 15) is 14.0 Å². The van der Waals surface area contributed by atoms with Crippen LogP contribution in [0.5, 0.6) is 0 Å². The van der Waals surface area contributed by atoms with Gasteiger partial charge in [-0.25, -0.2) is 9.18 Å². The predicted molar refractivity (Wildman–Crippen MR) is 90.5 cm³/mol. The zero-order valence-electron chi connectivity index (χ0n) is 13.5. The fourth-order valence-corrected chi connectivity index (χ4v) is 2.15. The highest BCUT2D eigenvalue weighted by Gasteiger charge is 2.23. The Labute approximate surface area is 139 Å². The summed E-state index contributed by atoms with van der Waals surface area (Å²) in [5.41, 5.74) is 1.41. The van der Waals surface area contributed by atoms with Crippen molar-refractivity contribution >= 4 is 23.3 Å². The zero-order valence-corrected chi connectivity index (χ0v) is 13.5. The van der Waals surface area contributed by atoms with Crippen molar-refractivity contribution in [3.8, 4) is 0 Å². The molecule has 0 radical (unpaired) electrons. The number of esters is 1. The molecule has 0 aliphatic rings. The summed E-state index contributed by atoms with van der Waals surface area (Å²) in [6.45, 7) is 1.74. The van der Waals surface area contributed by atoms with Crippen LogP contribution in [0.15, 0.2) is 48.5 Å². The minimum absolute atomic E-state index is 0.320. The Morgan fingerprint density at radius 1 is 1.12 bits per heavy atom. The molecule has 2 rings (SSSR count). The van der Waals surface area contributed by atoms with E-state index in [0.717, 1.165) is 0 Å². The number of carbonyl (C=O) groups is 2. The third-order valence-electron chi connectivity index (χ3n) is 3.44. The van der Waals surface area contributed by atoms with Crippen LogP contribution in [0, 0.1) is 5.82 Å². The summed E-state index contributed by atoms with van der Waals surface area (Å²) in [7, 11) is 1.70. The highest BCUT2D eigenvalue weighted by Crippen LogP contribution is 2.17. The second-order valence-corrected chi connectivity index (χ2v) is 5.09. The normalized spacial score (nSPS) is 11.5. The minimum Gasteiger partial charge on any atom is -0.449 e. The lowest BCUT2D eigenvalue weighted by molar-refractivity contribution is -0.124. The van der Waals surface area contributed by atoms with Gasteiger partial charge >= 0.3 is 5.97 Å². The summed E-state index contributed by atoms with van der Waals surface area (Å²) in [6, 6.07) is 12.3. The quantitative estimate of drug-likeness (QED) is 0.796. The zero-order chi connectivity index (χ0) is 17.5. The fourth-order valence-electron chi connectivity index (χ4n) is 2.15. The number of ether oxygens (including phenoxy) is 1. The van der Waals surface area contributed by atoms with Gasteiger partial charge in [0, 0.05) is 18.4 Å². The van der Waals surface area contributed by atoms with Crippen LogP contribution in [-0.4, -0.2) is 25.0 Å². The number of benzene rings is 2. The first-order valence-electron chi connectivity index (χ1n) is 7.59. The summed E-state index contributed by atoms with van der Waals surface area (Å²) in [6.07, 6.45) is -0.618. The van der Waals surface area contributed by atoms with Gasteiger partial charge in [0.15, 0.2) is 6.10 Å². The van der Waals surface area contributed by atoms with Crippen molar-refractivity contribution in [2.45, 2.75) is 19.4 Å². The van der Waals surface area contributed by atoms with Crippen molar-refractivity contribution in [2.75, 3.05) is 17.7 Å². The summed E-state index contributed by atoms with van der Waals surface area (Å²) >= 11 is 0. The Morgan fingerprint density at radius 2 is 1.79 bits per heavy atom. The van der Waals surface area contributed by atoms with E-state index in [1.165, 1.54) is 24.3 Å². The Bertz CT molecular complexity index is 716. The van der Waals surface area contributed by atoms with Crippen molar-refractivity contribution in [3.05, 3.63) is 59.9 Å². The maximum atomic E-state index is 12.9. The first-order valence-corrected chi connectivity index (χ1v) is 7.59. The Kier molecular flexibility index (Phi) is 5.89. The van der Waals surface area contributed by atoms with Crippen LogP contribution in [0.3, 0.4) is 0 Å². The summed E-state index contributed by atoms with van der Waals surface area (Å²) in [5, 5.41) is 5.51. The van der Waals surface area contributed by atoms with Crippen LogP contribution in [0.2, 0.25) is 0 Å². The first-order chi connectivity index (χ1) is 11.5. The van der Waals surface area contributed by atoms with Crippen LogP contribution in [-0.2, 0) is 9.53 Å². The van der Waals surface area contributed by atoms with Crippen molar-refractivity contribution in [1.82, 2.24) is 0 Å². The predicted octanol–water partition coefficient (Wildman–Crippen LogP) is 3.44. The van der Waals surface area contributed by atoms with Gasteiger partial charge in [0.05, 0.1) is 5.56 Å². The molecule has 2 aromatic rings. The number of hydrogen-bond acceptors (Lipinski definition) is 4. The second-order valence-electron chi connectivity index (χ2n) is 5.09. The average molecular weight is 330 g/mol. The molecular weight excluding hydrogens is 311 g/mol. The van der Waals surface area contributed by atoms with Gasteiger partial charge in [0.2, 0.25) is 0 Å². The topological polar surface area (TPSA) is 67.4 Å². The number of carbonyl (C=O) groups excluding carboxylic acids is 2. The molecule has 0 aliphatic carbocycles. The third kappa shape index (κ3) is 4.32. The SMILES string of the molecule is CCC(OC(=O)c1ccccc1NC)C(=O)Nc1ccc(F)cc1. The van der Waals surface area contributed by atoms with Crippen molar-refractivity contribution < 1.29 is 18.7 Å². The molecule has 0 bridgehead atoms. The fraction of sp³-hybridized carbons (Fsp3) is 0.222. The van der Waals surface area contributed by atoms with Gasteiger partial charge < -0.3 is 15.4 Å². The number of amides is 1. The lowest BCUT2D eigenvalue weighted by atomic mass is 10.1. The number of hydrogen-bond donors (Lipinski definition) is 2. The van der Waals surface area contributed by atoms with Crippen LogP contribution in [0.4, 0.5) is 15.8 Å². The minimum atomic E-state index is -0.938. The maximum Gasteiger partial charge on any atom is 0.341 e. The molecule has 24 heavy (non-hydrogen) atoms. The molecule has 6 heteroatoms. The summed E-state index contributed by atoms with van der Waals surface area (Å²) in [5.74, 6) is -1.43. The number of nitrogens with one attached hydrogen (secondary N) is 2. The largest absolute Gasteiger partial charge is 0.449 e. The van der Waals surface area contributed by atoms with E-state index >= 15 is 0 Å². The molecule has 1 atom stereocenters. The number of halogens is 1. The molecular formula is C18H19FN2O3. The average Bonchev–Trinajstić information content (AvgIpc) is 2.61. The molecule has 0 spiro atoms. The van der Waals surface area contributed by atoms with Gasteiger partial charge in [-0.1, -0.05) is 19.1 Å². The van der Waals surface area contributed by atoms with E-state index in [1.807, 2.05) is 0 Å². The van der Waals surface area contributed by atoms with Crippen molar-refractivity contribution in [2.24, 2.45) is 0 Å². The van der Waals surface area contributed by atoms with Gasteiger partial charge in [-0.15, -0.1) is 0 Å². The molecule has 0 aromatic heterocycles. The maximum absolute atomic E-state index is 12.9. The number of rotatable bonds is 6. The van der Waals surface area contributed by atoms with Crippen LogP contribution >= 0.6 is 0 Å². The van der Waals surface area contributed by atoms with Gasteiger partial charge in [-0.2, -0.15) is 0 Å². The summed E-state index contributed by atoms with van der Waals surface area (Å²) in [4.78, 5) is 24.6. The van der Waals surface area contributed by atoms with E-state index in [-0.39, 0.29) is 0 Å². The standard InChI is InChI=1S/C18H19FN2O3/c1-3-16(17(22)21-13-10-8-12(19)9-11-13)24-18(23)14-6-4-5-7-15(14)20-2/h4-11,16,20H,3H2,1-2H3,(H,21,22). The van der Waals surface area contributed by atoms with Gasteiger partial charge in [-0.05, 0) is 42.8 Å². The molecule has 0 saturated heterocycles. The Balaban J connectivity index is 2.06. The summed E-state index contributed by atoms with van der Waals surface area (Å²) < 4.78 is 18.2. The van der Waals surface area contributed by atoms with Crippen LogP contribution in [0.1, 0.15) is 23.7 Å².